The zero-order chi connectivity index (χ0) is 22.1. The zero-order valence-corrected chi connectivity index (χ0v) is 18.8. The van der Waals surface area contributed by atoms with Crippen LogP contribution in [-0.4, -0.2) is 19.2 Å². The number of aromatic nitrogens is 3. The van der Waals surface area contributed by atoms with Gasteiger partial charge in [0.1, 0.15) is 5.82 Å². The van der Waals surface area contributed by atoms with Crippen LogP contribution in [0.5, 0.6) is 0 Å². The van der Waals surface area contributed by atoms with Crippen LogP contribution in [0.25, 0.3) is 22.0 Å². The summed E-state index contributed by atoms with van der Waals surface area (Å²) in [5.41, 5.74) is 5.05. The molecule has 5 nitrogen and oxygen atoms in total. The number of hydrogen-bond acceptors (Lipinski definition) is 4. The molecule has 2 aromatic carbocycles. The van der Waals surface area contributed by atoms with Gasteiger partial charge in [-0.1, -0.05) is 30.7 Å². The number of fused-ring (bicyclic) bond motifs is 1. The third-order valence-electron chi connectivity index (χ3n) is 5.06. The summed E-state index contributed by atoms with van der Waals surface area (Å²) in [6.07, 6.45) is 1.47. The molecule has 0 radical (unpaired) electrons. The maximum Gasteiger partial charge on any atom is 0.309 e. The van der Waals surface area contributed by atoms with E-state index < -0.39 is 17.1 Å². The van der Waals surface area contributed by atoms with Gasteiger partial charge in [0.25, 0.3) is 0 Å². The Kier molecular flexibility index (Phi) is 5.98. The molecule has 0 saturated heterocycles. The van der Waals surface area contributed by atoms with Crippen LogP contribution in [-0.2, 0) is 17.4 Å². The molecule has 0 amide bonds. The van der Waals surface area contributed by atoms with Gasteiger partial charge in [0.2, 0.25) is 0 Å². The first kappa shape index (κ1) is 21.3. The Balaban J connectivity index is 1.67. The number of nitrogens with zero attached hydrogens (tertiary/aromatic N) is 3. The van der Waals surface area contributed by atoms with E-state index in [-0.39, 0.29) is 0 Å². The Morgan fingerprint density at radius 2 is 1.94 bits per heavy atom. The fraction of sp³-hybridized carbons (Fsp3) is 0.174. The molecule has 0 aliphatic rings. The molecule has 31 heavy (non-hydrogen) atoms. The van der Waals surface area contributed by atoms with Crippen LogP contribution in [0.2, 0.25) is 5.02 Å². The van der Waals surface area contributed by atoms with Crippen LogP contribution in [0.3, 0.4) is 0 Å². The average Bonchev–Trinajstić information content (AvgIpc) is 2.75. The minimum atomic E-state index is -1.54. The van der Waals surface area contributed by atoms with Crippen molar-refractivity contribution in [2.75, 3.05) is 4.72 Å². The molecule has 1 unspecified atom stereocenters. The van der Waals surface area contributed by atoms with Gasteiger partial charge in [-0.05, 0) is 67.3 Å². The summed E-state index contributed by atoms with van der Waals surface area (Å²) in [5.74, 6) is 0.485. The number of halogens is 2. The second kappa shape index (κ2) is 8.69. The average molecular weight is 455 g/mol. The molecule has 2 heterocycles. The van der Waals surface area contributed by atoms with Crippen molar-refractivity contribution in [3.8, 4) is 11.1 Å². The number of nitrogens with one attached hydrogen (secondary N) is 1. The van der Waals surface area contributed by atoms with Gasteiger partial charge in [0, 0.05) is 22.8 Å². The first-order valence-electron chi connectivity index (χ1n) is 9.74. The molecule has 8 heteroatoms. The molecule has 1 atom stereocenters. The second-order valence-corrected chi connectivity index (χ2v) is 8.71. The summed E-state index contributed by atoms with van der Waals surface area (Å²) in [7, 11) is -1.54. The quantitative estimate of drug-likeness (QED) is 0.387. The molecule has 0 saturated carbocycles. The summed E-state index contributed by atoms with van der Waals surface area (Å²) in [6, 6.07) is 13.0. The second-order valence-electron chi connectivity index (χ2n) is 7.15. The van der Waals surface area contributed by atoms with Gasteiger partial charge in [-0.15, -0.1) is 0 Å². The standard InChI is InChI=1S/C23H20ClFN4OS/c1-4-15-10-16(11-17-12-26-23(25)28-22(15)17)18-8-9-20(27-14(18)3)29-31(30)19-7-5-6-13(2)21(19)24/h5-12H,4H2,1-3H3,(H,27,29). The maximum atomic E-state index is 13.5. The van der Waals surface area contributed by atoms with Crippen LogP contribution in [0.4, 0.5) is 10.2 Å². The van der Waals surface area contributed by atoms with Crippen LogP contribution < -0.4 is 4.72 Å². The predicted molar refractivity (Wildman–Crippen MR) is 123 cm³/mol. The van der Waals surface area contributed by atoms with Crippen molar-refractivity contribution in [1.82, 2.24) is 15.0 Å². The normalized spacial score (nSPS) is 12.2. The predicted octanol–water partition coefficient (Wildman–Crippen LogP) is 5.80. The van der Waals surface area contributed by atoms with Gasteiger partial charge in [0.15, 0.2) is 11.0 Å². The van der Waals surface area contributed by atoms with Crippen LogP contribution in [0.1, 0.15) is 23.7 Å². The Labute approximate surface area is 187 Å². The number of rotatable bonds is 5. The summed E-state index contributed by atoms with van der Waals surface area (Å²) in [6.45, 7) is 5.76. The fourth-order valence-electron chi connectivity index (χ4n) is 3.46. The number of hydrogen-bond donors (Lipinski definition) is 1. The first-order valence-corrected chi connectivity index (χ1v) is 11.3. The molecular formula is C23H20ClFN4OS. The highest BCUT2D eigenvalue weighted by Gasteiger charge is 2.14. The monoisotopic (exact) mass is 454 g/mol. The molecular weight excluding hydrogens is 435 g/mol. The van der Waals surface area contributed by atoms with Crippen molar-refractivity contribution in [2.24, 2.45) is 0 Å². The minimum Gasteiger partial charge on any atom is -0.285 e. The molecule has 4 aromatic rings. The maximum absolute atomic E-state index is 13.5. The van der Waals surface area contributed by atoms with Crippen molar-refractivity contribution < 1.29 is 8.60 Å². The highest BCUT2D eigenvalue weighted by atomic mass is 35.5. The Bertz CT molecular complexity index is 1330. The molecule has 1 N–H and O–H groups in total. The summed E-state index contributed by atoms with van der Waals surface area (Å²) < 4.78 is 29.1. The zero-order valence-electron chi connectivity index (χ0n) is 17.2. The first-order chi connectivity index (χ1) is 14.9. The van der Waals surface area contributed by atoms with E-state index in [1.165, 1.54) is 6.20 Å². The molecule has 0 fully saturated rings. The molecule has 4 rings (SSSR count). The highest BCUT2D eigenvalue weighted by Crippen LogP contribution is 2.30. The van der Waals surface area contributed by atoms with E-state index in [1.54, 1.807) is 12.1 Å². The van der Waals surface area contributed by atoms with E-state index in [9.17, 15) is 8.60 Å². The number of pyridine rings is 1. The summed E-state index contributed by atoms with van der Waals surface area (Å²) in [5, 5.41) is 1.25. The van der Waals surface area contributed by atoms with Gasteiger partial charge in [0.05, 0.1) is 15.4 Å². The molecule has 0 bridgehead atoms. The third kappa shape index (κ3) is 4.29. The molecule has 2 aromatic heterocycles. The molecule has 0 aliphatic heterocycles. The van der Waals surface area contributed by atoms with E-state index in [2.05, 4.69) is 19.7 Å². The van der Waals surface area contributed by atoms with Crippen LogP contribution in [0, 0.1) is 19.9 Å². The lowest BCUT2D eigenvalue weighted by molar-refractivity contribution is 0.544. The van der Waals surface area contributed by atoms with E-state index >= 15 is 0 Å². The number of anilines is 1. The lowest BCUT2D eigenvalue weighted by Gasteiger charge is -2.13. The minimum absolute atomic E-state index is 0.476. The Hall–Kier alpha value is -2.90. The Morgan fingerprint density at radius 1 is 1.13 bits per heavy atom. The van der Waals surface area contributed by atoms with Gasteiger partial charge < -0.3 is 0 Å². The number of benzene rings is 2. The number of aryl methyl sites for hydroxylation is 3. The SMILES string of the molecule is CCc1cc(-c2ccc(NS(=O)c3cccc(C)c3Cl)nc2C)cc2cnc(F)nc12. The smallest absolute Gasteiger partial charge is 0.285 e. The molecule has 0 spiro atoms. The van der Waals surface area contributed by atoms with E-state index in [1.807, 2.05) is 51.1 Å². The van der Waals surface area contributed by atoms with E-state index in [0.717, 1.165) is 33.3 Å². The topological polar surface area (TPSA) is 67.8 Å². The van der Waals surface area contributed by atoms with Gasteiger partial charge in [-0.3, -0.25) is 4.72 Å². The third-order valence-corrected chi connectivity index (χ3v) is 6.81. The largest absolute Gasteiger partial charge is 0.309 e. The van der Waals surface area contributed by atoms with Crippen LogP contribution in [0.15, 0.2) is 53.6 Å². The molecule has 0 aliphatic carbocycles. The highest BCUT2D eigenvalue weighted by molar-refractivity contribution is 7.86. The van der Waals surface area contributed by atoms with Crippen molar-refractivity contribution in [2.45, 2.75) is 32.1 Å². The molecule has 158 valence electrons. The van der Waals surface area contributed by atoms with Crippen molar-refractivity contribution in [1.29, 1.82) is 0 Å². The summed E-state index contributed by atoms with van der Waals surface area (Å²) in [4.78, 5) is 12.7. The summed E-state index contributed by atoms with van der Waals surface area (Å²) >= 11 is 6.29. The van der Waals surface area contributed by atoms with Crippen LogP contribution >= 0.6 is 11.6 Å². The van der Waals surface area contributed by atoms with Gasteiger partial charge in [-0.25, -0.2) is 19.2 Å². The van der Waals surface area contributed by atoms with Gasteiger partial charge in [-0.2, -0.15) is 4.39 Å². The fourth-order valence-corrected chi connectivity index (χ4v) is 4.74. The van der Waals surface area contributed by atoms with Gasteiger partial charge >= 0.3 is 6.08 Å². The van der Waals surface area contributed by atoms with Crippen molar-refractivity contribution >= 4 is 39.3 Å². The van der Waals surface area contributed by atoms with Crippen molar-refractivity contribution in [3.05, 3.63) is 76.6 Å². The van der Waals surface area contributed by atoms with Crippen molar-refractivity contribution in [3.63, 3.8) is 0 Å². The lowest BCUT2D eigenvalue weighted by Crippen LogP contribution is -2.08. The lowest BCUT2D eigenvalue weighted by atomic mass is 9.98. The Morgan fingerprint density at radius 3 is 2.68 bits per heavy atom. The van der Waals surface area contributed by atoms with E-state index in [4.69, 9.17) is 11.6 Å². The van der Waals surface area contributed by atoms with E-state index in [0.29, 0.717) is 27.7 Å².